The molecule has 0 radical (unpaired) electrons. The fourth-order valence-corrected chi connectivity index (χ4v) is 1.45. The molecule has 3 heteroatoms. The van der Waals surface area contributed by atoms with E-state index in [1.807, 2.05) is 19.1 Å². The number of halogens is 2. The Morgan fingerprint density at radius 2 is 2.30 bits per heavy atom. The highest BCUT2D eigenvalue weighted by Crippen LogP contribution is 2.15. The molecule has 0 unspecified atom stereocenters. The number of nitrogens with zero attached hydrogens (tertiary/aromatic N) is 1. The van der Waals surface area contributed by atoms with Gasteiger partial charge in [-0.3, -0.25) is 4.98 Å². The van der Waals surface area contributed by atoms with Gasteiger partial charge in [0.25, 0.3) is 0 Å². The van der Waals surface area contributed by atoms with Crippen molar-refractivity contribution in [3.8, 4) is 0 Å². The average Bonchev–Trinajstić information content (AvgIpc) is 1.94. The summed E-state index contributed by atoms with van der Waals surface area (Å²) < 4.78 is 0. The standard InChI is InChI=1S/C7H7BrClN/c1-5-2-3-6(9)7(4-8)10-5/h2-3H,4H2,1H3. The average molecular weight is 220 g/mol. The van der Waals surface area contributed by atoms with Gasteiger partial charge in [0, 0.05) is 11.0 Å². The van der Waals surface area contributed by atoms with Gasteiger partial charge >= 0.3 is 0 Å². The predicted molar refractivity (Wildman–Crippen MR) is 46.6 cm³/mol. The predicted octanol–water partition coefficient (Wildman–Crippen LogP) is 2.94. The third-order valence-corrected chi connectivity index (χ3v) is 2.06. The van der Waals surface area contributed by atoms with Crippen molar-refractivity contribution in [1.29, 1.82) is 0 Å². The molecule has 1 rings (SSSR count). The van der Waals surface area contributed by atoms with Gasteiger partial charge in [-0.2, -0.15) is 0 Å². The van der Waals surface area contributed by atoms with Crippen LogP contribution in [0.25, 0.3) is 0 Å². The summed E-state index contributed by atoms with van der Waals surface area (Å²) in [5.41, 5.74) is 1.90. The van der Waals surface area contributed by atoms with Gasteiger partial charge < -0.3 is 0 Å². The molecule has 0 saturated heterocycles. The van der Waals surface area contributed by atoms with Gasteiger partial charge in [0.2, 0.25) is 0 Å². The quantitative estimate of drug-likeness (QED) is 0.663. The lowest BCUT2D eigenvalue weighted by Crippen LogP contribution is -1.88. The summed E-state index contributed by atoms with van der Waals surface area (Å²) in [6.45, 7) is 1.95. The summed E-state index contributed by atoms with van der Waals surface area (Å²) in [6, 6.07) is 3.76. The Kier molecular flexibility index (Phi) is 2.69. The second kappa shape index (κ2) is 3.35. The van der Waals surface area contributed by atoms with E-state index in [0.29, 0.717) is 5.33 Å². The number of hydrogen-bond donors (Lipinski definition) is 0. The molecule has 10 heavy (non-hydrogen) atoms. The van der Waals surface area contributed by atoms with Crippen molar-refractivity contribution in [3.63, 3.8) is 0 Å². The van der Waals surface area contributed by atoms with Crippen molar-refractivity contribution in [2.75, 3.05) is 0 Å². The molecule has 0 amide bonds. The lowest BCUT2D eigenvalue weighted by Gasteiger charge is -1.98. The summed E-state index contributed by atoms with van der Waals surface area (Å²) in [6.07, 6.45) is 0. The molecule has 1 heterocycles. The van der Waals surface area contributed by atoms with Crippen LogP contribution in [0.5, 0.6) is 0 Å². The zero-order valence-electron chi connectivity index (χ0n) is 5.56. The molecular weight excluding hydrogens is 213 g/mol. The lowest BCUT2D eigenvalue weighted by atomic mass is 10.3. The third kappa shape index (κ3) is 1.70. The van der Waals surface area contributed by atoms with E-state index in [4.69, 9.17) is 11.6 Å². The van der Waals surface area contributed by atoms with E-state index in [1.165, 1.54) is 0 Å². The smallest absolute Gasteiger partial charge is 0.0698 e. The molecule has 0 atom stereocenters. The van der Waals surface area contributed by atoms with Gasteiger partial charge in [-0.1, -0.05) is 27.5 Å². The molecule has 0 bridgehead atoms. The minimum atomic E-state index is 0.716. The molecule has 1 nitrogen and oxygen atoms in total. The van der Waals surface area contributed by atoms with Crippen LogP contribution in [-0.2, 0) is 5.33 Å². The number of aromatic nitrogens is 1. The van der Waals surface area contributed by atoms with Crippen LogP contribution in [0.4, 0.5) is 0 Å². The topological polar surface area (TPSA) is 12.9 Å². The van der Waals surface area contributed by atoms with Gasteiger partial charge in [-0.15, -0.1) is 0 Å². The van der Waals surface area contributed by atoms with Crippen molar-refractivity contribution in [2.45, 2.75) is 12.3 Å². The molecule has 1 aromatic heterocycles. The first-order chi connectivity index (χ1) is 4.74. The molecule has 54 valence electrons. The highest BCUT2D eigenvalue weighted by molar-refractivity contribution is 9.08. The molecule has 1 aromatic rings. The normalized spacial score (nSPS) is 9.90. The molecular formula is C7H7BrClN. The summed E-state index contributed by atoms with van der Waals surface area (Å²) in [5.74, 6) is 0. The summed E-state index contributed by atoms with van der Waals surface area (Å²) in [5, 5.41) is 1.44. The Balaban J connectivity index is 3.09. The van der Waals surface area contributed by atoms with Crippen molar-refractivity contribution < 1.29 is 0 Å². The summed E-state index contributed by atoms with van der Waals surface area (Å²) >= 11 is 9.10. The molecule has 0 aliphatic carbocycles. The maximum atomic E-state index is 5.80. The van der Waals surface area contributed by atoms with Crippen molar-refractivity contribution in [2.24, 2.45) is 0 Å². The second-order valence-electron chi connectivity index (χ2n) is 2.01. The largest absolute Gasteiger partial charge is 0.256 e. The van der Waals surface area contributed by atoms with Crippen molar-refractivity contribution >= 4 is 27.5 Å². The third-order valence-electron chi connectivity index (χ3n) is 1.18. The van der Waals surface area contributed by atoms with Gasteiger partial charge in [-0.25, -0.2) is 0 Å². The van der Waals surface area contributed by atoms with Gasteiger partial charge in [0.05, 0.1) is 10.7 Å². The molecule has 0 fully saturated rings. The zero-order valence-corrected chi connectivity index (χ0v) is 7.91. The van der Waals surface area contributed by atoms with E-state index in [9.17, 15) is 0 Å². The minimum Gasteiger partial charge on any atom is -0.256 e. The van der Waals surface area contributed by atoms with E-state index in [-0.39, 0.29) is 0 Å². The maximum Gasteiger partial charge on any atom is 0.0698 e. The first kappa shape index (κ1) is 8.02. The van der Waals surface area contributed by atoms with Gasteiger partial charge in [0.15, 0.2) is 0 Å². The summed E-state index contributed by atoms with van der Waals surface area (Å²) in [4.78, 5) is 4.21. The van der Waals surface area contributed by atoms with E-state index in [0.717, 1.165) is 16.4 Å². The molecule has 0 aliphatic rings. The molecule has 0 spiro atoms. The van der Waals surface area contributed by atoms with E-state index in [2.05, 4.69) is 20.9 Å². The van der Waals surface area contributed by atoms with Crippen LogP contribution in [0.2, 0.25) is 5.02 Å². The zero-order chi connectivity index (χ0) is 7.56. The van der Waals surface area contributed by atoms with Crippen LogP contribution >= 0.6 is 27.5 Å². The van der Waals surface area contributed by atoms with Crippen molar-refractivity contribution in [1.82, 2.24) is 4.98 Å². The minimum absolute atomic E-state index is 0.716. The molecule has 0 N–H and O–H groups in total. The van der Waals surface area contributed by atoms with E-state index >= 15 is 0 Å². The Hall–Kier alpha value is -0.0800. The number of aryl methyl sites for hydroxylation is 1. The van der Waals surface area contributed by atoms with Crippen LogP contribution in [0, 0.1) is 6.92 Å². The van der Waals surface area contributed by atoms with Crippen LogP contribution in [-0.4, -0.2) is 4.98 Å². The van der Waals surface area contributed by atoms with Gasteiger partial charge in [-0.05, 0) is 19.1 Å². The maximum absolute atomic E-state index is 5.80. The van der Waals surface area contributed by atoms with Crippen LogP contribution in [0.3, 0.4) is 0 Å². The first-order valence-corrected chi connectivity index (χ1v) is 4.42. The highest BCUT2D eigenvalue weighted by Gasteiger charge is 1.98. The monoisotopic (exact) mass is 219 g/mol. The first-order valence-electron chi connectivity index (χ1n) is 2.92. The fourth-order valence-electron chi connectivity index (χ4n) is 0.687. The van der Waals surface area contributed by atoms with Crippen molar-refractivity contribution in [3.05, 3.63) is 28.5 Å². The number of rotatable bonds is 1. The van der Waals surface area contributed by atoms with Gasteiger partial charge in [0.1, 0.15) is 0 Å². The Bertz CT molecular complexity index is 237. The molecule has 0 aromatic carbocycles. The molecule has 0 saturated carbocycles. The summed E-state index contributed by atoms with van der Waals surface area (Å²) in [7, 11) is 0. The Morgan fingerprint density at radius 1 is 1.60 bits per heavy atom. The number of alkyl halides is 1. The number of hydrogen-bond acceptors (Lipinski definition) is 1. The van der Waals surface area contributed by atoms with Crippen LogP contribution in [0.15, 0.2) is 12.1 Å². The molecule has 0 aliphatic heterocycles. The SMILES string of the molecule is Cc1ccc(Cl)c(CBr)n1. The van der Waals surface area contributed by atoms with E-state index in [1.54, 1.807) is 0 Å². The fraction of sp³-hybridized carbons (Fsp3) is 0.286. The van der Waals surface area contributed by atoms with Crippen LogP contribution in [0.1, 0.15) is 11.4 Å². The number of pyridine rings is 1. The Morgan fingerprint density at radius 3 is 2.80 bits per heavy atom. The van der Waals surface area contributed by atoms with E-state index < -0.39 is 0 Å². The second-order valence-corrected chi connectivity index (χ2v) is 2.98. The van der Waals surface area contributed by atoms with Crippen LogP contribution < -0.4 is 0 Å². The lowest BCUT2D eigenvalue weighted by molar-refractivity contribution is 1.11. The Labute approximate surface area is 73.6 Å². The highest BCUT2D eigenvalue weighted by atomic mass is 79.9.